The van der Waals surface area contributed by atoms with Crippen LogP contribution in [-0.4, -0.2) is 35.8 Å². The number of pyridine rings is 1. The predicted molar refractivity (Wildman–Crippen MR) is 116 cm³/mol. The molecule has 0 spiro atoms. The average Bonchev–Trinajstić information content (AvgIpc) is 2.71. The zero-order valence-corrected chi connectivity index (χ0v) is 17.7. The molecule has 0 amide bonds. The lowest BCUT2D eigenvalue weighted by atomic mass is 9.92. The van der Waals surface area contributed by atoms with Crippen molar-refractivity contribution in [3.05, 3.63) is 53.2 Å². The number of benzene rings is 1. The molecule has 1 N–H and O–H groups in total. The summed E-state index contributed by atoms with van der Waals surface area (Å²) >= 11 is 0. The fraction of sp³-hybridized carbons (Fsp3) is 0.500. The summed E-state index contributed by atoms with van der Waals surface area (Å²) in [4.78, 5) is 18.1. The summed E-state index contributed by atoms with van der Waals surface area (Å²) in [6.07, 6.45) is 6.58. The smallest absolute Gasteiger partial charge is 0.335 e. The minimum atomic E-state index is -0.897. The molecule has 1 saturated heterocycles. The number of carboxylic acid groups (broad SMARTS) is 1. The van der Waals surface area contributed by atoms with Gasteiger partial charge in [-0.3, -0.25) is 0 Å². The Morgan fingerprint density at radius 1 is 1.24 bits per heavy atom. The van der Waals surface area contributed by atoms with Gasteiger partial charge in [0.2, 0.25) is 0 Å². The van der Waals surface area contributed by atoms with Crippen molar-refractivity contribution in [3.63, 3.8) is 0 Å². The molecule has 3 rings (SSSR count). The van der Waals surface area contributed by atoms with Crippen LogP contribution in [0.25, 0.3) is 0 Å². The van der Waals surface area contributed by atoms with Gasteiger partial charge in [-0.2, -0.15) is 0 Å². The first-order valence-corrected chi connectivity index (χ1v) is 10.6. The Labute approximate surface area is 173 Å². The fourth-order valence-corrected chi connectivity index (χ4v) is 3.90. The summed E-state index contributed by atoms with van der Waals surface area (Å²) < 4.78 is 5.82. The SMILES string of the molecule is Cc1cc(OCCCC2CCN(c3ccc(C(C)C)cn3)CC2)ccc1C(=O)O. The van der Waals surface area contributed by atoms with Crippen molar-refractivity contribution >= 4 is 11.8 Å². The summed E-state index contributed by atoms with van der Waals surface area (Å²) in [6.45, 7) is 8.99. The number of ether oxygens (including phenoxy) is 1. The van der Waals surface area contributed by atoms with Crippen molar-refractivity contribution < 1.29 is 14.6 Å². The van der Waals surface area contributed by atoms with E-state index in [4.69, 9.17) is 9.84 Å². The Balaban J connectivity index is 1.38. The number of aryl methyl sites for hydroxylation is 1. The van der Waals surface area contributed by atoms with E-state index in [9.17, 15) is 4.79 Å². The van der Waals surface area contributed by atoms with E-state index in [2.05, 4.69) is 35.9 Å². The zero-order chi connectivity index (χ0) is 20.8. The highest BCUT2D eigenvalue weighted by Crippen LogP contribution is 2.26. The second kappa shape index (κ2) is 9.77. The lowest BCUT2D eigenvalue weighted by Crippen LogP contribution is -2.34. The van der Waals surface area contributed by atoms with E-state index in [0.717, 1.165) is 42.6 Å². The highest BCUT2D eigenvalue weighted by molar-refractivity contribution is 5.89. The number of aromatic nitrogens is 1. The second-order valence-electron chi connectivity index (χ2n) is 8.31. The quantitative estimate of drug-likeness (QED) is 0.615. The third-order valence-corrected chi connectivity index (χ3v) is 5.83. The van der Waals surface area contributed by atoms with Crippen molar-refractivity contribution in [1.29, 1.82) is 0 Å². The van der Waals surface area contributed by atoms with Crippen LogP contribution in [0.1, 0.15) is 66.9 Å². The van der Waals surface area contributed by atoms with E-state index in [0.29, 0.717) is 18.1 Å². The molecular weight excluding hydrogens is 364 g/mol. The largest absolute Gasteiger partial charge is 0.494 e. The van der Waals surface area contributed by atoms with Gasteiger partial charge in [-0.05, 0) is 79.8 Å². The third-order valence-electron chi connectivity index (χ3n) is 5.83. The molecule has 0 saturated carbocycles. The van der Waals surface area contributed by atoms with Crippen LogP contribution in [0, 0.1) is 12.8 Å². The molecule has 1 aromatic carbocycles. The zero-order valence-electron chi connectivity index (χ0n) is 17.7. The molecule has 1 aromatic heterocycles. The lowest BCUT2D eigenvalue weighted by molar-refractivity contribution is 0.0696. The number of hydrogen-bond acceptors (Lipinski definition) is 4. The summed E-state index contributed by atoms with van der Waals surface area (Å²) in [7, 11) is 0. The van der Waals surface area contributed by atoms with E-state index in [-0.39, 0.29) is 0 Å². The van der Waals surface area contributed by atoms with Crippen LogP contribution in [0.3, 0.4) is 0 Å². The van der Waals surface area contributed by atoms with Gasteiger partial charge in [-0.1, -0.05) is 19.9 Å². The Morgan fingerprint density at radius 3 is 2.59 bits per heavy atom. The molecular formula is C24H32N2O3. The first-order chi connectivity index (χ1) is 13.9. The van der Waals surface area contributed by atoms with Gasteiger partial charge in [0, 0.05) is 19.3 Å². The summed E-state index contributed by atoms with van der Waals surface area (Å²) in [6, 6.07) is 9.51. The summed E-state index contributed by atoms with van der Waals surface area (Å²) in [5, 5.41) is 9.09. The molecule has 1 aliphatic heterocycles. The highest BCUT2D eigenvalue weighted by atomic mass is 16.5. The van der Waals surface area contributed by atoms with Gasteiger partial charge in [0.05, 0.1) is 12.2 Å². The summed E-state index contributed by atoms with van der Waals surface area (Å²) in [5.74, 6) is 2.20. The van der Waals surface area contributed by atoms with Crippen LogP contribution in [0.5, 0.6) is 5.75 Å². The topological polar surface area (TPSA) is 62.7 Å². The molecule has 156 valence electrons. The van der Waals surface area contributed by atoms with Crippen LogP contribution < -0.4 is 9.64 Å². The maximum absolute atomic E-state index is 11.1. The number of nitrogens with zero attached hydrogens (tertiary/aromatic N) is 2. The Kier molecular flexibility index (Phi) is 7.13. The molecule has 0 unspecified atom stereocenters. The van der Waals surface area contributed by atoms with Gasteiger partial charge in [-0.25, -0.2) is 9.78 Å². The molecule has 5 nitrogen and oxygen atoms in total. The van der Waals surface area contributed by atoms with E-state index >= 15 is 0 Å². The first kappa shape index (κ1) is 21.2. The third kappa shape index (κ3) is 5.72. The molecule has 0 aliphatic carbocycles. The van der Waals surface area contributed by atoms with Gasteiger partial charge in [0.15, 0.2) is 0 Å². The van der Waals surface area contributed by atoms with Crippen LogP contribution in [0.2, 0.25) is 0 Å². The predicted octanol–water partition coefficient (Wildman–Crippen LogP) is 5.29. The van der Waals surface area contributed by atoms with Gasteiger partial charge in [0.25, 0.3) is 0 Å². The van der Waals surface area contributed by atoms with E-state index in [1.54, 1.807) is 25.1 Å². The minimum Gasteiger partial charge on any atom is -0.494 e. The molecule has 0 bridgehead atoms. The van der Waals surface area contributed by atoms with Crippen molar-refractivity contribution in [2.24, 2.45) is 5.92 Å². The monoisotopic (exact) mass is 396 g/mol. The molecule has 1 aliphatic rings. The molecule has 2 heterocycles. The standard InChI is InChI=1S/C24H32N2O3/c1-17(2)20-6-9-23(25-16-20)26-12-10-19(11-13-26)5-4-14-29-21-7-8-22(24(27)28)18(3)15-21/h6-9,15-17,19H,4-5,10-14H2,1-3H3,(H,27,28). The number of carbonyl (C=O) groups is 1. The maximum atomic E-state index is 11.1. The first-order valence-electron chi connectivity index (χ1n) is 10.6. The second-order valence-corrected chi connectivity index (χ2v) is 8.31. The molecule has 1 fully saturated rings. The molecule has 0 radical (unpaired) electrons. The van der Waals surface area contributed by atoms with E-state index in [1.807, 2.05) is 6.20 Å². The maximum Gasteiger partial charge on any atom is 0.335 e. The van der Waals surface area contributed by atoms with Crippen LogP contribution in [0.4, 0.5) is 5.82 Å². The van der Waals surface area contributed by atoms with Gasteiger partial charge in [-0.15, -0.1) is 0 Å². The number of piperidine rings is 1. The van der Waals surface area contributed by atoms with Crippen LogP contribution in [0.15, 0.2) is 36.5 Å². The van der Waals surface area contributed by atoms with Crippen LogP contribution >= 0.6 is 0 Å². The number of anilines is 1. The summed E-state index contributed by atoms with van der Waals surface area (Å²) in [5.41, 5.74) is 2.35. The molecule has 0 atom stereocenters. The van der Waals surface area contributed by atoms with E-state index < -0.39 is 5.97 Å². The number of hydrogen-bond donors (Lipinski definition) is 1. The lowest BCUT2D eigenvalue weighted by Gasteiger charge is -2.33. The van der Waals surface area contributed by atoms with E-state index in [1.165, 1.54) is 24.8 Å². The Morgan fingerprint density at radius 2 is 2.00 bits per heavy atom. The van der Waals surface area contributed by atoms with Gasteiger partial charge >= 0.3 is 5.97 Å². The number of aromatic carboxylic acids is 1. The molecule has 5 heteroatoms. The minimum absolute atomic E-state index is 0.331. The fourth-order valence-electron chi connectivity index (χ4n) is 3.90. The average molecular weight is 397 g/mol. The number of carboxylic acids is 1. The van der Waals surface area contributed by atoms with Crippen molar-refractivity contribution in [1.82, 2.24) is 4.98 Å². The molecule has 2 aromatic rings. The van der Waals surface area contributed by atoms with Crippen molar-refractivity contribution in [2.45, 2.75) is 52.4 Å². The Bertz CT molecular complexity index is 809. The normalized spacial score (nSPS) is 15.0. The van der Waals surface area contributed by atoms with Crippen LogP contribution in [-0.2, 0) is 0 Å². The van der Waals surface area contributed by atoms with Crippen molar-refractivity contribution in [2.75, 3.05) is 24.6 Å². The van der Waals surface area contributed by atoms with Gasteiger partial charge < -0.3 is 14.7 Å². The number of rotatable bonds is 8. The van der Waals surface area contributed by atoms with Gasteiger partial charge in [0.1, 0.15) is 11.6 Å². The van der Waals surface area contributed by atoms with Crippen molar-refractivity contribution in [3.8, 4) is 5.75 Å². The highest BCUT2D eigenvalue weighted by Gasteiger charge is 2.20. The Hall–Kier alpha value is -2.56. The molecule has 29 heavy (non-hydrogen) atoms.